The first-order chi connectivity index (χ1) is 5.70. The molecule has 0 aliphatic rings. The van der Waals surface area contributed by atoms with Gasteiger partial charge in [0.1, 0.15) is 0 Å². The SMILES string of the molecule is C=CCC=CC(=CC)CC(=O)O. The van der Waals surface area contributed by atoms with Gasteiger partial charge >= 0.3 is 5.97 Å². The maximum absolute atomic E-state index is 10.3. The lowest BCUT2D eigenvalue weighted by Crippen LogP contribution is -1.94. The topological polar surface area (TPSA) is 37.3 Å². The molecule has 0 atom stereocenters. The van der Waals surface area contributed by atoms with Crippen molar-refractivity contribution in [2.45, 2.75) is 19.8 Å². The Hall–Kier alpha value is -1.31. The Kier molecular flexibility index (Phi) is 5.70. The van der Waals surface area contributed by atoms with Crippen LogP contribution in [0.2, 0.25) is 0 Å². The van der Waals surface area contributed by atoms with E-state index in [1.165, 1.54) is 0 Å². The predicted molar refractivity (Wildman–Crippen MR) is 50.0 cm³/mol. The van der Waals surface area contributed by atoms with Crippen molar-refractivity contribution in [1.82, 2.24) is 0 Å². The van der Waals surface area contributed by atoms with Gasteiger partial charge in [-0.15, -0.1) is 6.58 Å². The van der Waals surface area contributed by atoms with E-state index in [0.29, 0.717) is 0 Å². The Morgan fingerprint density at radius 1 is 1.58 bits per heavy atom. The largest absolute Gasteiger partial charge is 0.481 e. The van der Waals surface area contributed by atoms with Gasteiger partial charge in [0.15, 0.2) is 0 Å². The molecule has 0 saturated carbocycles. The molecular formula is C10H14O2. The zero-order valence-corrected chi connectivity index (χ0v) is 7.29. The first-order valence-corrected chi connectivity index (χ1v) is 3.85. The number of carbonyl (C=O) groups is 1. The number of rotatable bonds is 5. The summed E-state index contributed by atoms with van der Waals surface area (Å²) in [5.74, 6) is -0.800. The second-order valence-corrected chi connectivity index (χ2v) is 2.36. The first-order valence-electron chi connectivity index (χ1n) is 3.85. The smallest absolute Gasteiger partial charge is 0.307 e. The van der Waals surface area contributed by atoms with Crippen LogP contribution < -0.4 is 0 Å². The summed E-state index contributed by atoms with van der Waals surface area (Å²) < 4.78 is 0. The van der Waals surface area contributed by atoms with Crippen LogP contribution in [0.3, 0.4) is 0 Å². The number of carboxylic acid groups (broad SMARTS) is 1. The predicted octanol–water partition coefficient (Wildman–Crippen LogP) is 2.54. The summed E-state index contributed by atoms with van der Waals surface area (Å²) in [4.78, 5) is 10.3. The molecule has 0 saturated heterocycles. The zero-order valence-electron chi connectivity index (χ0n) is 7.29. The van der Waals surface area contributed by atoms with Gasteiger partial charge in [-0.3, -0.25) is 4.79 Å². The summed E-state index contributed by atoms with van der Waals surface area (Å²) in [7, 11) is 0. The molecule has 66 valence electrons. The fraction of sp³-hybridized carbons (Fsp3) is 0.300. The molecule has 2 nitrogen and oxygen atoms in total. The molecule has 0 fully saturated rings. The third-order valence-electron chi connectivity index (χ3n) is 1.36. The summed E-state index contributed by atoms with van der Waals surface area (Å²) in [6.45, 7) is 5.39. The van der Waals surface area contributed by atoms with Crippen LogP contribution in [0.4, 0.5) is 0 Å². The zero-order chi connectivity index (χ0) is 9.40. The number of hydrogen-bond acceptors (Lipinski definition) is 1. The highest BCUT2D eigenvalue weighted by atomic mass is 16.4. The fourth-order valence-corrected chi connectivity index (χ4v) is 0.747. The van der Waals surface area contributed by atoms with E-state index in [1.54, 1.807) is 12.2 Å². The van der Waals surface area contributed by atoms with E-state index in [0.717, 1.165) is 12.0 Å². The normalized spacial score (nSPS) is 11.9. The van der Waals surface area contributed by atoms with Gasteiger partial charge in [-0.2, -0.15) is 0 Å². The van der Waals surface area contributed by atoms with Crippen LogP contribution in [0.5, 0.6) is 0 Å². The van der Waals surface area contributed by atoms with Crippen molar-refractivity contribution in [3.8, 4) is 0 Å². The lowest BCUT2D eigenvalue weighted by molar-refractivity contribution is -0.136. The van der Waals surface area contributed by atoms with E-state index in [2.05, 4.69) is 6.58 Å². The van der Waals surface area contributed by atoms with Crippen molar-refractivity contribution in [1.29, 1.82) is 0 Å². The lowest BCUT2D eigenvalue weighted by atomic mass is 10.1. The summed E-state index contributed by atoms with van der Waals surface area (Å²) in [5, 5.41) is 8.48. The van der Waals surface area contributed by atoms with Crippen molar-refractivity contribution in [3.63, 3.8) is 0 Å². The van der Waals surface area contributed by atoms with Gasteiger partial charge in [0, 0.05) is 0 Å². The summed E-state index contributed by atoms with van der Waals surface area (Å²) in [6.07, 6.45) is 8.14. The van der Waals surface area contributed by atoms with Crippen LogP contribution >= 0.6 is 0 Å². The number of allylic oxidation sites excluding steroid dienone is 4. The summed E-state index contributed by atoms with van der Waals surface area (Å²) in [6, 6.07) is 0. The van der Waals surface area contributed by atoms with E-state index in [9.17, 15) is 4.79 Å². The highest BCUT2D eigenvalue weighted by Gasteiger charge is 1.97. The van der Waals surface area contributed by atoms with E-state index in [4.69, 9.17) is 5.11 Å². The molecule has 12 heavy (non-hydrogen) atoms. The lowest BCUT2D eigenvalue weighted by Gasteiger charge is -1.94. The molecule has 0 spiro atoms. The minimum Gasteiger partial charge on any atom is -0.481 e. The highest BCUT2D eigenvalue weighted by molar-refractivity contribution is 5.70. The standard InChI is InChI=1S/C10H14O2/c1-3-5-6-7-9(4-2)8-10(11)12/h3-4,6-7H,1,5,8H2,2H3,(H,11,12). The van der Waals surface area contributed by atoms with Crippen molar-refractivity contribution < 1.29 is 9.90 Å². The molecule has 0 rings (SSSR count). The van der Waals surface area contributed by atoms with Gasteiger partial charge in [-0.05, 0) is 18.9 Å². The maximum atomic E-state index is 10.3. The number of hydrogen-bond donors (Lipinski definition) is 1. The van der Waals surface area contributed by atoms with Gasteiger partial charge in [0.2, 0.25) is 0 Å². The van der Waals surface area contributed by atoms with Crippen molar-refractivity contribution in [3.05, 3.63) is 36.5 Å². The van der Waals surface area contributed by atoms with E-state index in [1.807, 2.05) is 19.1 Å². The van der Waals surface area contributed by atoms with Gasteiger partial charge in [0.25, 0.3) is 0 Å². The second-order valence-electron chi connectivity index (χ2n) is 2.36. The average molecular weight is 166 g/mol. The van der Waals surface area contributed by atoms with Crippen molar-refractivity contribution in [2.75, 3.05) is 0 Å². The molecule has 2 heteroatoms. The Morgan fingerprint density at radius 2 is 2.25 bits per heavy atom. The quantitative estimate of drug-likeness (QED) is 0.503. The van der Waals surface area contributed by atoms with E-state index < -0.39 is 5.97 Å². The number of carboxylic acids is 1. The Labute approximate surface area is 72.9 Å². The van der Waals surface area contributed by atoms with Crippen LogP contribution in [0.25, 0.3) is 0 Å². The van der Waals surface area contributed by atoms with Crippen LogP contribution in [-0.4, -0.2) is 11.1 Å². The fourth-order valence-electron chi connectivity index (χ4n) is 0.747. The third-order valence-corrected chi connectivity index (χ3v) is 1.36. The molecule has 0 radical (unpaired) electrons. The van der Waals surface area contributed by atoms with E-state index in [-0.39, 0.29) is 6.42 Å². The van der Waals surface area contributed by atoms with E-state index >= 15 is 0 Å². The molecule has 1 N–H and O–H groups in total. The summed E-state index contributed by atoms with van der Waals surface area (Å²) in [5.41, 5.74) is 0.823. The molecule has 0 bridgehead atoms. The molecule has 0 amide bonds. The van der Waals surface area contributed by atoms with Crippen molar-refractivity contribution >= 4 is 5.97 Å². The molecular weight excluding hydrogens is 152 g/mol. The Balaban J connectivity index is 4.00. The number of aliphatic carboxylic acids is 1. The molecule has 0 heterocycles. The average Bonchev–Trinajstić information content (AvgIpc) is 2.02. The van der Waals surface area contributed by atoms with Gasteiger partial charge in [0.05, 0.1) is 6.42 Å². The third kappa shape index (κ3) is 5.47. The monoisotopic (exact) mass is 166 g/mol. The molecule has 0 aromatic rings. The maximum Gasteiger partial charge on any atom is 0.307 e. The Morgan fingerprint density at radius 3 is 2.67 bits per heavy atom. The Bertz CT molecular complexity index is 212. The minimum atomic E-state index is -0.800. The van der Waals surface area contributed by atoms with Crippen molar-refractivity contribution in [2.24, 2.45) is 0 Å². The summed E-state index contributed by atoms with van der Waals surface area (Å²) >= 11 is 0. The van der Waals surface area contributed by atoms with Crippen LogP contribution in [0.1, 0.15) is 19.8 Å². The van der Waals surface area contributed by atoms with Gasteiger partial charge < -0.3 is 5.11 Å². The minimum absolute atomic E-state index is 0.0874. The molecule has 0 aliphatic carbocycles. The van der Waals surface area contributed by atoms with Crippen LogP contribution in [0, 0.1) is 0 Å². The first kappa shape index (κ1) is 10.7. The van der Waals surface area contributed by atoms with Gasteiger partial charge in [-0.25, -0.2) is 0 Å². The van der Waals surface area contributed by atoms with Gasteiger partial charge in [-0.1, -0.05) is 24.3 Å². The van der Waals surface area contributed by atoms with Crippen LogP contribution in [0.15, 0.2) is 36.5 Å². The molecule has 0 unspecified atom stereocenters. The molecule has 0 aromatic carbocycles. The second kappa shape index (κ2) is 6.40. The highest BCUT2D eigenvalue weighted by Crippen LogP contribution is 2.03. The molecule has 0 aliphatic heterocycles. The molecule has 0 aromatic heterocycles. The van der Waals surface area contributed by atoms with Crippen LogP contribution in [-0.2, 0) is 4.79 Å².